The van der Waals surface area contributed by atoms with Crippen LogP contribution in [0, 0.1) is 5.92 Å². The second-order valence-corrected chi connectivity index (χ2v) is 3.67. The van der Waals surface area contributed by atoms with E-state index in [4.69, 9.17) is 9.47 Å². The van der Waals surface area contributed by atoms with Crippen LogP contribution in [-0.2, 0) is 9.47 Å². The Labute approximate surface area is 80.0 Å². The molecule has 13 heavy (non-hydrogen) atoms. The summed E-state index contributed by atoms with van der Waals surface area (Å²) in [6.45, 7) is 6.04. The first-order valence-electron chi connectivity index (χ1n) is 5.13. The molecule has 0 radical (unpaired) electrons. The van der Waals surface area contributed by atoms with E-state index in [2.05, 4.69) is 6.92 Å². The standard InChI is InChI=1S/C10H20O3/c1-3-5-12-7-10(11)9-4-6-13-8(9)2/h8-11H,3-7H2,1-2H3. The highest BCUT2D eigenvalue weighted by Crippen LogP contribution is 2.23. The van der Waals surface area contributed by atoms with Crippen LogP contribution in [0.15, 0.2) is 0 Å². The highest BCUT2D eigenvalue weighted by molar-refractivity contribution is 4.78. The van der Waals surface area contributed by atoms with Crippen molar-refractivity contribution in [2.75, 3.05) is 19.8 Å². The number of rotatable bonds is 5. The second kappa shape index (κ2) is 5.58. The molecular formula is C10H20O3. The first-order valence-corrected chi connectivity index (χ1v) is 5.13. The lowest BCUT2D eigenvalue weighted by molar-refractivity contribution is -0.0156. The average Bonchev–Trinajstić information content (AvgIpc) is 2.52. The zero-order valence-electron chi connectivity index (χ0n) is 8.53. The normalized spacial score (nSPS) is 30.7. The lowest BCUT2D eigenvalue weighted by atomic mass is 9.96. The molecule has 1 heterocycles. The summed E-state index contributed by atoms with van der Waals surface area (Å²) in [7, 11) is 0. The van der Waals surface area contributed by atoms with Gasteiger partial charge < -0.3 is 14.6 Å². The van der Waals surface area contributed by atoms with E-state index in [-0.39, 0.29) is 18.1 Å². The average molecular weight is 188 g/mol. The molecule has 3 atom stereocenters. The minimum Gasteiger partial charge on any atom is -0.390 e. The van der Waals surface area contributed by atoms with Crippen molar-refractivity contribution in [1.82, 2.24) is 0 Å². The van der Waals surface area contributed by atoms with Crippen molar-refractivity contribution in [2.24, 2.45) is 5.92 Å². The Bertz CT molecular complexity index is 138. The first kappa shape index (κ1) is 11.0. The summed E-state index contributed by atoms with van der Waals surface area (Å²) in [6, 6.07) is 0. The molecule has 1 fully saturated rings. The summed E-state index contributed by atoms with van der Waals surface area (Å²) in [5.41, 5.74) is 0. The molecule has 3 nitrogen and oxygen atoms in total. The molecule has 1 saturated heterocycles. The van der Waals surface area contributed by atoms with E-state index < -0.39 is 0 Å². The number of aliphatic hydroxyl groups excluding tert-OH is 1. The minimum atomic E-state index is -0.357. The minimum absolute atomic E-state index is 0.181. The Balaban J connectivity index is 2.18. The van der Waals surface area contributed by atoms with Gasteiger partial charge in [0.25, 0.3) is 0 Å². The van der Waals surface area contributed by atoms with Crippen molar-refractivity contribution < 1.29 is 14.6 Å². The van der Waals surface area contributed by atoms with Crippen LogP contribution >= 0.6 is 0 Å². The molecule has 0 aromatic rings. The highest BCUT2D eigenvalue weighted by atomic mass is 16.5. The van der Waals surface area contributed by atoms with Gasteiger partial charge in [0.2, 0.25) is 0 Å². The molecular weight excluding hydrogens is 168 g/mol. The van der Waals surface area contributed by atoms with Crippen LogP contribution in [0.2, 0.25) is 0 Å². The van der Waals surface area contributed by atoms with Crippen LogP contribution in [0.3, 0.4) is 0 Å². The number of hydrogen-bond donors (Lipinski definition) is 1. The maximum absolute atomic E-state index is 9.74. The van der Waals surface area contributed by atoms with Gasteiger partial charge in [-0.05, 0) is 19.8 Å². The van der Waals surface area contributed by atoms with Gasteiger partial charge in [-0.1, -0.05) is 6.92 Å². The Morgan fingerprint density at radius 3 is 2.92 bits per heavy atom. The van der Waals surface area contributed by atoms with Gasteiger partial charge in [-0.15, -0.1) is 0 Å². The maximum Gasteiger partial charge on any atom is 0.0827 e. The van der Waals surface area contributed by atoms with Crippen LogP contribution < -0.4 is 0 Å². The fraction of sp³-hybridized carbons (Fsp3) is 1.00. The Kier molecular flexibility index (Phi) is 4.70. The number of ether oxygens (including phenoxy) is 2. The van der Waals surface area contributed by atoms with Crippen LogP contribution in [0.25, 0.3) is 0 Å². The predicted molar refractivity (Wildman–Crippen MR) is 50.6 cm³/mol. The fourth-order valence-corrected chi connectivity index (χ4v) is 1.73. The Hall–Kier alpha value is -0.120. The summed E-state index contributed by atoms with van der Waals surface area (Å²) < 4.78 is 10.7. The molecule has 0 aliphatic carbocycles. The Morgan fingerprint density at radius 2 is 2.38 bits per heavy atom. The third kappa shape index (κ3) is 3.25. The van der Waals surface area contributed by atoms with E-state index >= 15 is 0 Å². The van der Waals surface area contributed by atoms with Crippen LogP contribution in [0.5, 0.6) is 0 Å². The van der Waals surface area contributed by atoms with Gasteiger partial charge in [-0.3, -0.25) is 0 Å². The van der Waals surface area contributed by atoms with Crippen LogP contribution in [0.1, 0.15) is 26.7 Å². The van der Waals surface area contributed by atoms with Crippen molar-refractivity contribution >= 4 is 0 Å². The molecule has 3 heteroatoms. The predicted octanol–water partition coefficient (Wildman–Crippen LogP) is 1.20. The monoisotopic (exact) mass is 188 g/mol. The second-order valence-electron chi connectivity index (χ2n) is 3.67. The molecule has 78 valence electrons. The lowest BCUT2D eigenvalue weighted by Crippen LogP contribution is -2.30. The molecule has 1 rings (SSSR count). The topological polar surface area (TPSA) is 38.7 Å². The molecule has 1 aliphatic rings. The van der Waals surface area contributed by atoms with Crippen molar-refractivity contribution in [3.8, 4) is 0 Å². The smallest absolute Gasteiger partial charge is 0.0827 e. The summed E-state index contributed by atoms with van der Waals surface area (Å²) in [5.74, 6) is 0.261. The van der Waals surface area contributed by atoms with Gasteiger partial charge in [0.05, 0.1) is 18.8 Å². The van der Waals surface area contributed by atoms with Crippen LogP contribution in [-0.4, -0.2) is 37.1 Å². The molecule has 1 aliphatic heterocycles. The van der Waals surface area contributed by atoms with E-state index in [1.54, 1.807) is 0 Å². The molecule has 1 N–H and O–H groups in total. The summed E-state index contributed by atoms with van der Waals surface area (Å²) in [5, 5.41) is 9.74. The van der Waals surface area contributed by atoms with Gasteiger partial charge in [0.15, 0.2) is 0 Å². The van der Waals surface area contributed by atoms with Crippen molar-refractivity contribution in [3.05, 3.63) is 0 Å². The van der Waals surface area contributed by atoms with Gasteiger partial charge in [-0.2, -0.15) is 0 Å². The molecule has 0 spiro atoms. The van der Waals surface area contributed by atoms with Gasteiger partial charge >= 0.3 is 0 Å². The fourth-order valence-electron chi connectivity index (χ4n) is 1.73. The largest absolute Gasteiger partial charge is 0.390 e. The number of aliphatic hydroxyl groups is 1. The highest BCUT2D eigenvalue weighted by Gasteiger charge is 2.30. The van der Waals surface area contributed by atoms with E-state index in [0.29, 0.717) is 6.61 Å². The summed E-state index contributed by atoms with van der Waals surface area (Å²) in [6.07, 6.45) is 1.78. The lowest BCUT2D eigenvalue weighted by Gasteiger charge is -2.20. The maximum atomic E-state index is 9.74. The van der Waals surface area contributed by atoms with Gasteiger partial charge in [-0.25, -0.2) is 0 Å². The first-order chi connectivity index (χ1) is 6.25. The molecule has 0 aromatic heterocycles. The van der Waals surface area contributed by atoms with Crippen molar-refractivity contribution in [3.63, 3.8) is 0 Å². The zero-order valence-corrected chi connectivity index (χ0v) is 8.53. The quantitative estimate of drug-likeness (QED) is 0.659. The van der Waals surface area contributed by atoms with Crippen molar-refractivity contribution in [2.45, 2.75) is 38.9 Å². The molecule has 0 bridgehead atoms. The van der Waals surface area contributed by atoms with E-state index in [0.717, 1.165) is 26.1 Å². The third-order valence-electron chi connectivity index (χ3n) is 2.57. The van der Waals surface area contributed by atoms with Crippen molar-refractivity contribution in [1.29, 1.82) is 0 Å². The summed E-state index contributed by atoms with van der Waals surface area (Å²) in [4.78, 5) is 0. The van der Waals surface area contributed by atoms with E-state index in [1.807, 2.05) is 6.92 Å². The molecule has 0 saturated carbocycles. The van der Waals surface area contributed by atoms with E-state index in [1.165, 1.54) is 0 Å². The summed E-state index contributed by atoms with van der Waals surface area (Å²) >= 11 is 0. The molecule has 3 unspecified atom stereocenters. The van der Waals surface area contributed by atoms with Crippen LogP contribution in [0.4, 0.5) is 0 Å². The molecule has 0 amide bonds. The SMILES string of the molecule is CCCOCC(O)C1CCOC1C. The van der Waals surface area contributed by atoms with Gasteiger partial charge in [0.1, 0.15) is 0 Å². The number of hydrogen-bond acceptors (Lipinski definition) is 3. The third-order valence-corrected chi connectivity index (χ3v) is 2.57. The van der Waals surface area contributed by atoms with Gasteiger partial charge in [0, 0.05) is 19.1 Å². The Morgan fingerprint density at radius 1 is 1.62 bits per heavy atom. The van der Waals surface area contributed by atoms with E-state index in [9.17, 15) is 5.11 Å². The molecule has 0 aromatic carbocycles. The zero-order chi connectivity index (χ0) is 9.68.